The summed E-state index contributed by atoms with van der Waals surface area (Å²) in [5, 5.41) is 3.48. The van der Waals surface area contributed by atoms with Crippen molar-refractivity contribution in [3.8, 4) is 0 Å². The molecule has 1 nitrogen and oxygen atoms in total. The molecule has 0 aliphatic heterocycles. The Balaban J connectivity index is 2.14. The Labute approximate surface area is 123 Å². The van der Waals surface area contributed by atoms with E-state index in [4.69, 9.17) is 0 Å². The fourth-order valence-electron chi connectivity index (χ4n) is 2.80. The quantitative estimate of drug-likeness (QED) is 0.840. The second-order valence-electron chi connectivity index (χ2n) is 5.60. The van der Waals surface area contributed by atoms with E-state index < -0.39 is 0 Å². The molecule has 0 fully saturated rings. The van der Waals surface area contributed by atoms with E-state index in [0.717, 1.165) is 12.8 Å². The first-order valence-corrected chi connectivity index (χ1v) is 7.41. The first kappa shape index (κ1) is 14.8. The minimum absolute atomic E-state index is 0.425. The van der Waals surface area contributed by atoms with Crippen molar-refractivity contribution in [3.05, 3.63) is 70.3 Å². The molecular formula is C19H25N. The summed E-state index contributed by atoms with van der Waals surface area (Å²) < 4.78 is 0. The van der Waals surface area contributed by atoms with Crippen LogP contribution in [0.25, 0.3) is 0 Å². The van der Waals surface area contributed by atoms with Gasteiger partial charge in [0.05, 0.1) is 0 Å². The lowest BCUT2D eigenvalue weighted by molar-refractivity contribution is 0.545. The second kappa shape index (κ2) is 6.71. The predicted octanol–water partition coefficient (Wildman–Crippen LogP) is 4.51. The lowest BCUT2D eigenvalue weighted by Gasteiger charge is -2.20. The van der Waals surface area contributed by atoms with Gasteiger partial charge in [-0.3, -0.25) is 0 Å². The molecular weight excluding hydrogens is 242 g/mol. The number of rotatable bonds is 5. The molecule has 1 N–H and O–H groups in total. The standard InChI is InChI=1S/C19H25N/c1-14-9-7-11-18(16(14)3)19(20-4)13-12-17-10-6-5-8-15(17)2/h5-11,19-20H,12-13H2,1-4H3. The van der Waals surface area contributed by atoms with Crippen molar-refractivity contribution in [3.63, 3.8) is 0 Å². The average Bonchev–Trinajstić information content (AvgIpc) is 2.45. The van der Waals surface area contributed by atoms with Crippen molar-refractivity contribution < 1.29 is 0 Å². The van der Waals surface area contributed by atoms with Crippen molar-refractivity contribution in [2.45, 2.75) is 39.7 Å². The molecule has 0 saturated heterocycles. The van der Waals surface area contributed by atoms with E-state index in [1.807, 2.05) is 0 Å². The van der Waals surface area contributed by atoms with E-state index in [9.17, 15) is 0 Å². The average molecular weight is 267 g/mol. The van der Waals surface area contributed by atoms with Crippen molar-refractivity contribution in [2.75, 3.05) is 7.05 Å². The summed E-state index contributed by atoms with van der Waals surface area (Å²) >= 11 is 0. The van der Waals surface area contributed by atoms with Crippen LogP contribution < -0.4 is 5.32 Å². The molecule has 1 heteroatoms. The molecule has 0 heterocycles. The highest BCUT2D eigenvalue weighted by atomic mass is 14.9. The number of hydrogen-bond acceptors (Lipinski definition) is 1. The van der Waals surface area contributed by atoms with Crippen LogP contribution in [-0.2, 0) is 6.42 Å². The van der Waals surface area contributed by atoms with Gasteiger partial charge >= 0.3 is 0 Å². The Kier molecular flexibility index (Phi) is 4.97. The van der Waals surface area contributed by atoms with E-state index in [1.165, 1.54) is 27.8 Å². The maximum absolute atomic E-state index is 3.48. The maximum Gasteiger partial charge on any atom is 0.0323 e. The molecule has 2 rings (SSSR count). The van der Waals surface area contributed by atoms with Crippen LogP contribution in [0.1, 0.15) is 40.3 Å². The summed E-state index contributed by atoms with van der Waals surface area (Å²) in [6.45, 7) is 6.61. The van der Waals surface area contributed by atoms with Gasteiger partial charge in [-0.2, -0.15) is 0 Å². The molecule has 106 valence electrons. The van der Waals surface area contributed by atoms with E-state index in [0.29, 0.717) is 6.04 Å². The van der Waals surface area contributed by atoms with Crippen LogP contribution in [0.3, 0.4) is 0 Å². The van der Waals surface area contributed by atoms with Crippen LogP contribution in [0.2, 0.25) is 0 Å². The number of nitrogens with one attached hydrogen (secondary N) is 1. The molecule has 20 heavy (non-hydrogen) atoms. The normalized spacial score (nSPS) is 12.4. The van der Waals surface area contributed by atoms with Crippen LogP contribution in [0, 0.1) is 20.8 Å². The molecule has 0 radical (unpaired) electrons. The molecule has 0 bridgehead atoms. The van der Waals surface area contributed by atoms with Crippen LogP contribution in [0.5, 0.6) is 0 Å². The smallest absolute Gasteiger partial charge is 0.0323 e. The molecule has 0 aliphatic rings. The van der Waals surface area contributed by atoms with E-state index in [1.54, 1.807) is 0 Å². The maximum atomic E-state index is 3.48. The summed E-state index contributed by atoms with van der Waals surface area (Å²) in [5.41, 5.74) is 7.07. The molecule has 0 spiro atoms. The Morgan fingerprint density at radius 3 is 2.30 bits per heavy atom. The Morgan fingerprint density at radius 2 is 1.60 bits per heavy atom. The first-order chi connectivity index (χ1) is 9.63. The number of hydrogen-bond donors (Lipinski definition) is 1. The van der Waals surface area contributed by atoms with Gasteiger partial charge in [0.1, 0.15) is 0 Å². The molecule has 0 saturated carbocycles. The van der Waals surface area contributed by atoms with Crippen LogP contribution in [0.15, 0.2) is 42.5 Å². The zero-order valence-electron chi connectivity index (χ0n) is 13.0. The first-order valence-electron chi connectivity index (χ1n) is 7.41. The van der Waals surface area contributed by atoms with Crippen molar-refractivity contribution in [1.82, 2.24) is 5.32 Å². The van der Waals surface area contributed by atoms with Gasteiger partial charge in [0.2, 0.25) is 0 Å². The molecule has 2 aromatic carbocycles. The highest BCUT2D eigenvalue weighted by Gasteiger charge is 2.13. The summed E-state index contributed by atoms with van der Waals surface area (Å²) in [6, 6.07) is 15.7. The second-order valence-corrected chi connectivity index (χ2v) is 5.60. The largest absolute Gasteiger partial charge is 0.313 e. The molecule has 0 aromatic heterocycles. The van der Waals surface area contributed by atoms with Gasteiger partial charge in [0.15, 0.2) is 0 Å². The minimum atomic E-state index is 0.425. The zero-order valence-corrected chi connectivity index (χ0v) is 13.0. The van der Waals surface area contributed by atoms with Gasteiger partial charge in [-0.05, 0) is 68.5 Å². The lowest BCUT2D eigenvalue weighted by Crippen LogP contribution is -2.18. The molecule has 1 atom stereocenters. The fourth-order valence-corrected chi connectivity index (χ4v) is 2.80. The third kappa shape index (κ3) is 3.29. The highest BCUT2D eigenvalue weighted by Crippen LogP contribution is 2.24. The third-order valence-corrected chi connectivity index (χ3v) is 4.33. The molecule has 1 unspecified atom stereocenters. The van der Waals surface area contributed by atoms with Gasteiger partial charge in [-0.25, -0.2) is 0 Å². The van der Waals surface area contributed by atoms with E-state index >= 15 is 0 Å². The highest BCUT2D eigenvalue weighted by molar-refractivity contribution is 5.35. The van der Waals surface area contributed by atoms with Crippen LogP contribution in [-0.4, -0.2) is 7.05 Å². The Morgan fingerprint density at radius 1 is 0.900 bits per heavy atom. The van der Waals surface area contributed by atoms with Gasteiger partial charge in [0, 0.05) is 6.04 Å². The Bertz CT molecular complexity index is 572. The molecule has 2 aromatic rings. The third-order valence-electron chi connectivity index (χ3n) is 4.33. The van der Waals surface area contributed by atoms with E-state index in [-0.39, 0.29) is 0 Å². The lowest BCUT2D eigenvalue weighted by atomic mass is 9.92. The van der Waals surface area contributed by atoms with E-state index in [2.05, 4.69) is 75.6 Å². The summed E-state index contributed by atoms with van der Waals surface area (Å²) in [7, 11) is 2.06. The fraction of sp³-hybridized carbons (Fsp3) is 0.368. The van der Waals surface area contributed by atoms with Crippen LogP contribution >= 0.6 is 0 Å². The van der Waals surface area contributed by atoms with Gasteiger partial charge in [0.25, 0.3) is 0 Å². The van der Waals surface area contributed by atoms with Gasteiger partial charge in [-0.15, -0.1) is 0 Å². The van der Waals surface area contributed by atoms with Crippen molar-refractivity contribution in [1.29, 1.82) is 0 Å². The Hall–Kier alpha value is -1.60. The zero-order chi connectivity index (χ0) is 14.5. The summed E-state index contributed by atoms with van der Waals surface area (Å²) in [6.07, 6.45) is 2.25. The molecule has 0 amide bonds. The van der Waals surface area contributed by atoms with Crippen molar-refractivity contribution in [2.24, 2.45) is 0 Å². The number of benzene rings is 2. The summed E-state index contributed by atoms with van der Waals surface area (Å²) in [5.74, 6) is 0. The molecule has 0 aliphatic carbocycles. The monoisotopic (exact) mass is 267 g/mol. The predicted molar refractivity (Wildman–Crippen MR) is 87.2 cm³/mol. The minimum Gasteiger partial charge on any atom is -0.313 e. The SMILES string of the molecule is CNC(CCc1ccccc1C)c1cccc(C)c1C. The number of aryl methyl sites for hydroxylation is 3. The van der Waals surface area contributed by atoms with Gasteiger partial charge < -0.3 is 5.32 Å². The summed E-state index contributed by atoms with van der Waals surface area (Å²) in [4.78, 5) is 0. The van der Waals surface area contributed by atoms with Crippen molar-refractivity contribution >= 4 is 0 Å². The topological polar surface area (TPSA) is 12.0 Å². The van der Waals surface area contributed by atoms with Gasteiger partial charge in [-0.1, -0.05) is 42.5 Å². The van der Waals surface area contributed by atoms with Crippen LogP contribution in [0.4, 0.5) is 0 Å².